The molecule has 0 aromatic carbocycles. The lowest BCUT2D eigenvalue weighted by atomic mass is 10.0. The van der Waals surface area contributed by atoms with Crippen molar-refractivity contribution in [3.05, 3.63) is 23.4 Å². The minimum atomic E-state index is -0.421. The van der Waals surface area contributed by atoms with Crippen LogP contribution in [-0.4, -0.2) is 15.3 Å². The van der Waals surface area contributed by atoms with Crippen LogP contribution in [0.5, 0.6) is 0 Å². The monoisotopic (exact) mass is 251 g/mol. The number of hydrogen-bond donors (Lipinski definition) is 1. The van der Waals surface area contributed by atoms with Gasteiger partial charge in [-0.25, -0.2) is 4.98 Å². The van der Waals surface area contributed by atoms with Gasteiger partial charge in [0.1, 0.15) is 0 Å². The van der Waals surface area contributed by atoms with Crippen LogP contribution in [0.2, 0.25) is 0 Å². The fourth-order valence-electron chi connectivity index (χ4n) is 2.28. The standard InChI is InChI=1S/C14H21NOS/c1-10-8-12(11(2)16)9-15-14(10)17-13-6-4-3-5-7-13/h8-9,11,13,16H,3-7H2,1-2H3/t11-/m1/s1. The zero-order chi connectivity index (χ0) is 12.3. The molecule has 0 spiro atoms. The first-order valence-corrected chi connectivity index (χ1v) is 7.36. The maximum absolute atomic E-state index is 9.51. The van der Waals surface area contributed by atoms with Gasteiger partial charge in [0.15, 0.2) is 0 Å². The second kappa shape index (κ2) is 5.87. The number of aromatic nitrogens is 1. The minimum absolute atomic E-state index is 0.421. The number of pyridine rings is 1. The molecule has 1 aliphatic rings. The summed E-state index contributed by atoms with van der Waals surface area (Å²) in [5.74, 6) is 0. The number of rotatable bonds is 3. The molecule has 0 bridgehead atoms. The van der Waals surface area contributed by atoms with Crippen molar-refractivity contribution in [1.82, 2.24) is 4.98 Å². The fraction of sp³-hybridized carbons (Fsp3) is 0.643. The minimum Gasteiger partial charge on any atom is -0.389 e. The van der Waals surface area contributed by atoms with E-state index >= 15 is 0 Å². The van der Waals surface area contributed by atoms with Gasteiger partial charge in [-0.3, -0.25) is 0 Å². The summed E-state index contributed by atoms with van der Waals surface area (Å²) in [4.78, 5) is 4.50. The smallest absolute Gasteiger partial charge is 0.0991 e. The molecule has 1 aromatic rings. The molecule has 1 N–H and O–H groups in total. The van der Waals surface area contributed by atoms with Crippen molar-refractivity contribution in [1.29, 1.82) is 0 Å². The van der Waals surface area contributed by atoms with Crippen molar-refractivity contribution < 1.29 is 5.11 Å². The molecule has 1 saturated carbocycles. The van der Waals surface area contributed by atoms with Gasteiger partial charge in [-0.15, -0.1) is 11.8 Å². The third-order valence-corrected chi connectivity index (χ3v) is 4.82. The molecule has 1 aliphatic carbocycles. The van der Waals surface area contributed by atoms with E-state index in [4.69, 9.17) is 0 Å². The fourth-order valence-corrected chi connectivity index (χ4v) is 3.52. The summed E-state index contributed by atoms with van der Waals surface area (Å²) in [7, 11) is 0. The van der Waals surface area contributed by atoms with Crippen LogP contribution in [0.3, 0.4) is 0 Å². The van der Waals surface area contributed by atoms with E-state index in [2.05, 4.69) is 18.0 Å². The molecule has 2 nitrogen and oxygen atoms in total. The predicted molar refractivity (Wildman–Crippen MR) is 72.3 cm³/mol. The van der Waals surface area contributed by atoms with Crippen LogP contribution in [0.25, 0.3) is 0 Å². The Bertz CT molecular complexity index is 372. The van der Waals surface area contributed by atoms with Gasteiger partial charge in [0.25, 0.3) is 0 Å². The molecule has 0 radical (unpaired) electrons. The summed E-state index contributed by atoms with van der Waals surface area (Å²) in [6.45, 7) is 3.87. The third kappa shape index (κ3) is 3.46. The van der Waals surface area contributed by atoms with Gasteiger partial charge in [-0.1, -0.05) is 19.3 Å². The zero-order valence-electron chi connectivity index (χ0n) is 10.6. The molecule has 17 heavy (non-hydrogen) atoms. The van der Waals surface area contributed by atoms with Crippen LogP contribution >= 0.6 is 11.8 Å². The molecule has 0 saturated heterocycles. The zero-order valence-corrected chi connectivity index (χ0v) is 11.5. The lowest BCUT2D eigenvalue weighted by molar-refractivity contribution is 0.198. The van der Waals surface area contributed by atoms with Crippen molar-refractivity contribution in [3.63, 3.8) is 0 Å². The van der Waals surface area contributed by atoms with Crippen LogP contribution < -0.4 is 0 Å². The Labute approximate surface area is 108 Å². The van der Waals surface area contributed by atoms with Crippen LogP contribution in [0.4, 0.5) is 0 Å². The quantitative estimate of drug-likeness (QED) is 0.885. The third-order valence-electron chi connectivity index (χ3n) is 3.36. The van der Waals surface area contributed by atoms with Gasteiger partial charge < -0.3 is 5.11 Å². The Kier molecular flexibility index (Phi) is 4.46. The van der Waals surface area contributed by atoms with Crippen LogP contribution in [-0.2, 0) is 0 Å². The second-order valence-corrected chi connectivity index (χ2v) is 6.23. The number of aryl methyl sites for hydroxylation is 1. The van der Waals surface area contributed by atoms with Crippen molar-refractivity contribution in [3.8, 4) is 0 Å². The Balaban J connectivity index is 2.05. The highest BCUT2D eigenvalue weighted by molar-refractivity contribution is 7.99. The van der Waals surface area contributed by atoms with Gasteiger partial charge in [-0.2, -0.15) is 0 Å². The second-order valence-electron chi connectivity index (χ2n) is 4.94. The van der Waals surface area contributed by atoms with E-state index < -0.39 is 6.10 Å². The summed E-state index contributed by atoms with van der Waals surface area (Å²) in [6, 6.07) is 2.06. The topological polar surface area (TPSA) is 33.1 Å². The summed E-state index contributed by atoms with van der Waals surface area (Å²) in [6.07, 6.45) is 8.15. The van der Waals surface area contributed by atoms with E-state index in [1.54, 1.807) is 6.92 Å². The van der Waals surface area contributed by atoms with E-state index in [-0.39, 0.29) is 0 Å². The first-order valence-electron chi connectivity index (χ1n) is 6.48. The van der Waals surface area contributed by atoms with Gasteiger partial charge in [0.2, 0.25) is 0 Å². The molecule has 1 fully saturated rings. The Morgan fingerprint density at radius 2 is 2.06 bits per heavy atom. The lowest BCUT2D eigenvalue weighted by Crippen LogP contribution is -2.08. The molecular weight excluding hydrogens is 230 g/mol. The average molecular weight is 251 g/mol. The number of nitrogens with zero attached hydrogens (tertiary/aromatic N) is 1. The predicted octanol–water partition coefficient (Wildman–Crippen LogP) is 3.87. The molecule has 1 heterocycles. The normalized spacial score (nSPS) is 19.2. The molecule has 1 aromatic heterocycles. The Morgan fingerprint density at radius 1 is 1.35 bits per heavy atom. The molecular formula is C14H21NOS. The first-order chi connectivity index (χ1) is 8.16. The molecule has 3 heteroatoms. The van der Waals surface area contributed by atoms with Crippen molar-refractivity contribution in [2.75, 3.05) is 0 Å². The van der Waals surface area contributed by atoms with Crippen LogP contribution in [0.15, 0.2) is 17.3 Å². The summed E-state index contributed by atoms with van der Waals surface area (Å²) >= 11 is 1.92. The average Bonchev–Trinajstić information content (AvgIpc) is 2.33. The summed E-state index contributed by atoms with van der Waals surface area (Å²) < 4.78 is 0. The van der Waals surface area contributed by atoms with Crippen molar-refractivity contribution in [2.45, 2.75) is 62.3 Å². The maximum atomic E-state index is 9.51. The lowest BCUT2D eigenvalue weighted by Gasteiger charge is -2.21. The number of hydrogen-bond acceptors (Lipinski definition) is 3. The van der Waals surface area contributed by atoms with Crippen LogP contribution in [0, 0.1) is 6.92 Å². The largest absolute Gasteiger partial charge is 0.389 e. The van der Waals surface area contributed by atoms with E-state index in [0.717, 1.165) is 15.8 Å². The van der Waals surface area contributed by atoms with E-state index in [0.29, 0.717) is 0 Å². The van der Waals surface area contributed by atoms with Gasteiger partial charge in [0, 0.05) is 11.4 Å². The van der Waals surface area contributed by atoms with Gasteiger partial charge in [-0.05, 0) is 43.9 Å². The van der Waals surface area contributed by atoms with Crippen molar-refractivity contribution >= 4 is 11.8 Å². The molecule has 0 aliphatic heterocycles. The SMILES string of the molecule is Cc1cc([C@@H](C)O)cnc1SC1CCCCC1. The Hall–Kier alpha value is -0.540. The van der Waals surface area contributed by atoms with Crippen LogP contribution in [0.1, 0.15) is 56.3 Å². The molecule has 94 valence electrons. The Morgan fingerprint density at radius 3 is 2.65 bits per heavy atom. The summed E-state index contributed by atoms with van der Waals surface area (Å²) in [5, 5.41) is 11.4. The van der Waals surface area contributed by atoms with Crippen molar-refractivity contribution in [2.24, 2.45) is 0 Å². The molecule has 0 unspecified atom stereocenters. The van der Waals surface area contributed by atoms with Gasteiger partial charge >= 0.3 is 0 Å². The summed E-state index contributed by atoms with van der Waals surface area (Å²) in [5.41, 5.74) is 2.11. The molecule has 0 amide bonds. The van der Waals surface area contributed by atoms with Gasteiger partial charge in [0.05, 0.1) is 11.1 Å². The number of thioether (sulfide) groups is 1. The van der Waals surface area contributed by atoms with E-state index in [1.807, 2.05) is 18.0 Å². The van der Waals surface area contributed by atoms with E-state index in [1.165, 1.54) is 37.7 Å². The highest BCUT2D eigenvalue weighted by atomic mass is 32.2. The molecule has 1 atom stereocenters. The highest BCUT2D eigenvalue weighted by Gasteiger charge is 2.16. The molecule has 2 rings (SSSR count). The number of aliphatic hydroxyl groups is 1. The maximum Gasteiger partial charge on any atom is 0.0991 e. The highest BCUT2D eigenvalue weighted by Crippen LogP contribution is 2.34. The first kappa shape index (κ1) is 12.9. The number of aliphatic hydroxyl groups excluding tert-OH is 1. The van der Waals surface area contributed by atoms with E-state index in [9.17, 15) is 5.11 Å².